The van der Waals surface area contributed by atoms with Gasteiger partial charge in [-0.05, 0) is 31.0 Å². The molecule has 0 fully saturated rings. The van der Waals surface area contributed by atoms with Crippen molar-refractivity contribution in [2.24, 2.45) is 0 Å². The second kappa shape index (κ2) is 4.47. The molecule has 0 heterocycles. The van der Waals surface area contributed by atoms with Gasteiger partial charge in [0.15, 0.2) is 0 Å². The topological polar surface area (TPSA) is 46.2 Å². The quantitative estimate of drug-likeness (QED) is 0.783. The highest BCUT2D eigenvalue weighted by atomic mass is 32.2. The molecule has 1 N–H and O–H groups in total. The fourth-order valence-electron chi connectivity index (χ4n) is 1.21. The summed E-state index contributed by atoms with van der Waals surface area (Å²) in [6.07, 6.45) is 5.00. The average Bonchev–Trinajstić information content (AvgIpc) is 2.18. The van der Waals surface area contributed by atoms with E-state index in [0.717, 1.165) is 5.56 Å². The Kier molecular flexibility index (Phi) is 3.51. The van der Waals surface area contributed by atoms with E-state index < -0.39 is 10.0 Å². The minimum absolute atomic E-state index is 0.00964. The van der Waals surface area contributed by atoms with E-state index in [0.29, 0.717) is 5.56 Å². The summed E-state index contributed by atoms with van der Waals surface area (Å²) in [6.45, 7) is 3.61. The van der Waals surface area contributed by atoms with Crippen LogP contribution in [-0.2, 0) is 10.0 Å². The molecule has 3 nitrogen and oxygen atoms in total. The number of terminal acetylenes is 1. The van der Waals surface area contributed by atoms with Crippen LogP contribution in [0.1, 0.15) is 11.1 Å². The molecular formula is C11H13NO2S. The lowest BCUT2D eigenvalue weighted by molar-refractivity contribution is 0.585. The first-order valence-corrected chi connectivity index (χ1v) is 5.96. The molecule has 0 aliphatic rings. The van der Waals surface area contributed by atoms with Crippen LogP contribution in [0.5, 0.6) is 0 Å². The summed E-state index contributed by atoms with van der Waals surface area (Å²) in [5.41, 5.74) is 1.62. The van der Waals surface area contributed by atoms with Crippen molar-refractivity contribution < 1.29 is 8.42 Å². The van der Waals surface area contributed by atoms with Crippen molar-refractivity contribution in [3.05, 3.63) is 29.3 Å². The summed E-state index contributed by atoms with van der Waals surface area (Å²) in [5, 5.41) is 0. The Morgan fingerprint density at radius 2 is 2.07 bits per heavy atom. The SMILES string of the molecule is C#CCNS(=O)(=O)c1cc(C)ccc1C. The van der Waals surface area contributed by atoms with Gasteiger partial charge in [-0.25, -0.2) is 8.42 Å². The third-order valence-corrected chi connectivity index (χ3v) is 3.54. The van der Waals surface area contributed by atoms with Crippen LogP contribution in [0.15, 0.2) is 23.1 Å². The first-order chi connectivity index (χ1) is 6.97. The van der Waals surface area contributed by atoms with Gasteiger partial charge in [0.25, 0.3) is 0 Å². The minimum Gasteiger partial charge on any atom is -0.207 e. The van der Waals surface area contributed by atoms with E-state index in [1.54, 1.807) is 19.1 Å². The van der Waals surface area contributed by atoms with Crippen molar-refractivity contribution >= 4 is 10.0 Å². The van der Waals surface area contributed by atoms with Gasteiger partial charge in [0, 0.05) is 0 Å². The molecule has 0 saturated carbocycles. The van der Waals surface area contributed by atoms with E-state index in [1.165, 1.54) is 0 Å². The van der Waals surface area contributed by atoms with Crippen LogP contribution in [0.3, 0.4) is 0 Å². The number of sulfonamides is 1. The fourth-order valence-corrected chi connectivity index (χ4v) is 2.47. The van der Waals surface area contributed by atoms with E-state index in [9.17, 15) is 8.42 Å². The maximum atomic E-state index is 11.8. The van der Waals surface area contributed by atoms with Gasteiger partial charge in [-0.2, -0.15) is 4.72 Å². The molecule has 0 aliphatic heterocycles. The summed E-state index contributed by atoms with van der Waals surface area (Å²) in [4.78, 5) is 0.290. The Labute approximate surface area is 90.6 Å². The van der Waals surface area contributed by atoms with Gasteiger partial charge in [-0.3, -0.25) is 0 Å². The van der Waals surface area contributed by atoms with Crippen LogP contribution in [-0.4, -0.2) is 15.0 Å². The van der Waals surface area contributed by atoms with Crippen molar-refractivity contribution in [2.75, 3.05) is 6.54 Å². The molecule has 80 valence electrons. The fraction of sp³-hybridized carbons (Fsp3) is 0.273. The lowest BCUT2D eigenvalue weighted by Crippen LogP contribution is -2.24. The smallest absolute Gasteiger partial charge is 0.207 e. The van der Waals surface area contributed by atoms with E-state index in [-0.39, 0.29) is 11.4 Å². The second-order valence-corrected chi connectivity index (χ2v) is 5.03. The number of hydrogen-bond acceptors (Lipinski definition) is 2. The number of aryl methyl sites for hydroxylation is 2. The van der Waals surface area contributed by atoms with E-state index in [4.69, 9.17) is 6.42 Å². The van der Waals surface area contributed by atoms with Crippen molar-refractivity contribution in [3.63, 3.8) is 0 Å². The number of nitrogens with one attached hydrogen (secondary N) is 1. The summed E-state index contributed by atoms with van der Waals surface area (Å²) in [7, 11) is -3.47. The van der Waals surface area contributed by atoms with Gasteiger partial charge in [0.1, 0.15) is 0 Å². The summed E-state index contributed by atoms with van der Waals surface area (Å²) < 4.78 is 25.8. The van der Waals surface area contributed by atoms with Crippen molar-refractivity contribution in [1.29, 1.82) is 0 Å². The Morgan fingerprint density at radius 1 is 1.40 bits per heavy atom. The first-order valence-electron chi connectivity index (χ1n) is 4.48. The molecule has 15 heavy (non-hydrogen) atoms. The lowest BCUT2D eigenvalue weighted by Gasteiger charge is -2.08. The zero-order valence-electron chi connectivity index (χ0n) is 8.74. The Hall–Kier alpha value is -1.31. The monoisotopic (exact) mass is 223 g/mol. The molecule has 0 amide bonds. The van der Waals surface area contributed by atoms with Crippen LogP contribution >= 0.6 is 0 Å². The molecule has 1 aromatic rings. The van der Waals surface area contributed by atoms with Crippen LogP contribution in [0.4, 0.5) is 0 Å². The molecule has 0 spiro atoms. The van der Waals surface area contributed by atoms with Crippen molar-refractivity contribution in [1.82, 2.24) is 4.72 Å². The highest BCUT2D eigenvalue weighted by Crippen LogP contribution is 2.16. The number of rotatable bonds is 3. The second-order valence-electron chi connectivity index (χ2n) is 3.30. The van der Waals surface area contributed by atoms with Gasteiger partial charge in [-0.15, -0.1) is 6.42 Å². The average molecular weight is 223 g/mol. The highest BCUT2D eigenvalue weighted by molar-refractivity contribution is 7.89. The number of benzene rings is 1. The Balaban J connectivity index is 3.16. The Morgan fingerprint density at radius 3 is 2.67 bits per heavy atom. The molecular weight excluding hydrogens is 210 g/mol. The molecule has 0 bridgehead atoms. The van der Waals surface area contributed by atoms with Gasteiger partial charge < -0.3 is 0 Å². The first kappa shape index (κ1) is 11.8. The zero-order valence-corrected chi connectivity index (χ0v) is 9.56. The summed E-state index contributed by atoms with van der Waals surface area (Å²) in [5.74, 6) is 2.24. The van der Waals surface area contributed by atoms with Crippen LogP contribution in [0, 0.1) is 26.2 Å². The predicted octanol–water partition coefficient (Wildman–Crippen LogP) is 1.21. The summed E-state index contributed by atoms with van der Waals surface area (Å²) in [6, 6.07) is 5.28. The maximum absolute atomic E-state index is 11.8. The molecule has 1 rings (SSSR count). The molecule has 0 aliphatic carbocycles. The normalized spacial score (nSPS) is 11.0. The third-order valence-electron chi connectivity index (χ3n) is 2.00. The molecule has 0 atom stereocenters. The van der Waals surface area contributed by atoms with Gasteiger partial charge in [0.05, 0.1) is 11.4 Å². The standard InChI is InChI=1S/C11H13NO2S/c1-4-7-12-15(13,14)11-8-9(2)5-6-10(11)3/h1,5-6,8,12H,7H2,2-3H3. The van der Waals surface area contributed by atoms with Crippen LogP contribution in [0.2, 0.25) is 0 Å². The molecule has 0 saturated heterocycles. The minimum atomic E-state index is -3.47. The summed E-state index contributed by atoms with van der Waals surface area (Å²) >= 11 is 0. The van der Waals surface area contributed by atoms with Gasteiger partial charge >= 0.3 is 0 Å². The molecule has 0 aromatic heterocycles. The Bertz CT molecular complexity index is 498. The lowest BCUT2D eigenvalue weighted by atomic mass is 10.2. The zero-order chi connectivity index (χ0) is 11.5. The van der Waals surface area contributed by atoms with E-state index in [2.05, 4.69) is 10.6 Å². The van der Waals surface area contributed by atoms with Gasteiger partial charge in [0.2, 0.25) is 10.0 Å². The molecule has 0 radical (unpaired) electrons. The third kappa shape index (κ3) is 2.82. The van der Waals surface area contributed by atoms with E-state index >= 15 is 0 Å². The van der Waals surface area contributed by atoms with Crippen LogP contribution in [0.25, 0.3) is 0 Å². The van der Waals surface area contributed by atoms with Crippen LogP contribution < -0.4 is 4.72 Å². The molecule has 4 heteroatoms. The van der Waals surface area contributed by atoms with Gasteiger partial charge in [-0.1, -0.05) is 18.1 Å². The van der Waals surface area contributed by atoms with Crippen molar-refractivity contribution in [3.8, 4) is 12.3 Å². The van der Waals surface area contributed by atoms with Crippen molar-refractivity contribution in [2.45, 2.75) is 18.7 Å². The maximum Gasteiger partial charge on any atom is 0.241 e. The molecule has 1 aromatic carbocycles. The predicted molar refractivity (Wildman–Crippen MR) is 59.9 cm³/mol. The highest BCUT2D eigenvalue weighted by Gasteiger charge is 2.15. The largest absolute Gasteiger partial charge is 0.241 e. The van der Waals surface area contributed by atoms with E-state index in [1.807, 2.05) is 13.0 Å². The number of hydrogen-bond donors (Lipinski definition) is 1. The molecule has 0 unspecified atom stereocenters.